The molecule has 0 spiro atoms. The molecule has 2 rings (SSSR count). The second-order valence-electron chi connectivity index (χ2n) is 4.00. The number of nitrogens with zero attached hydrogens (tertiary/aromatic N) is 4. The third-order valence-corrected chi connectivity index (χ3v) is 2.97. The zero-order chi connectivity index (χ0) is 13.8. The number of methoxy groups -OCH3 is 1. The average Bonchev–Trinajstić information content (AvgIpc) is 2.80. The largest absolute Gasteiger partial charge is 0.480 e. The highest BCUT2D eigenvalue weighted by Crippen LogP contribution is 2.27. The van der Waals surface area contributed by atoms with Crippen LogP contribution < -0.4 is 4.74 Å². The Morgan fingerprint density at radius 3 is 2.79 bits per heavy atom. The van der Waals surface area contributed by atoms with Gasteiger partial charge in [-0.3, -0.25) is 4.68 Å². The maximum absolute atomic E-state index is 10.3. The van der Waals surface area contributed by atoms with Crippen molar-refractivity contribution in [1.82, 2.24) is 20.0 Å². The van der Waals surface area contributed by atoms with Crippen molar-refractivity contribution in [2.24, 2.45) is 0 Å². The average molecular weight is 283 g/mol. The number of halogens is 1. The molecule has 0 saturated heterocycles. The molecule has 0 fully saturated rings. The minimum Gasteiger partial charge on any atom is -0.480 e. The van der Waals surface area contributed by atoms with Crippen LogP contribution in [0.4, 0.5) is 0 Å². The second-order valence-corrected chi connectivity index (χ2v) is 4.41. The summed E-state index contributed by atoms with van der Waals surface area (Å²) in [4.78, 5) is 0. The Kier molecular flexibility index (Phi) is 4.34. The minimum atomic E-state index is -0.958. The molecule has 6 nitrogen and oxygen atoms in total. The van der Waals surface area contributed by atoms with E-state index in [-0.39, 0.29) is 0 Å². The van der Waals surface area contributed by atoms with Crippen molar-refractivity contribution in [2.45, 2.75) is 26.0 Å². The third kappa shape index (κ3) is 2.85. The van der Waals surface area contributed by atoms with E-state index in [9.17, 15) is 5.11 Å². The van der Waals surface area contributed by atoms with Gasteiger partial charge in [-0.15, -0.1) is 10.2 Å². The van der Waals surface area contributed by atoms with Gasteiger partial charge in [-0.05, 0) is 12.5 Å². The van der Waals surface area contributed by atoms with Crippen LogP contribution in [0, 0.1) is 0 Å². The summed E-state index contributed by atoms with van der Waals surface area (Å²) >= 11 is 6.07. The van der Waals surface area contributed by atoms with Crippen molar-refractivity contribution in [3.8, 4) is 5.88 Å². The van der Waals surface area contributed by atoms with Crippen LogP contribution in [0.15, 0.2) is 18.3 Å². The molecule has 1 unspecified atom stereocenters. The molecule has 0 aliphatic heterocycles. The van der Waals surface area contributed by atoms with E-state index in [2.05, 4.69) is 15.3 Å². The van der Waals surface area contributed by atoms with Gasteiger partial charge in [0.2, 0.25) is 5.88 Å². The first-order valence-electron chi connectivity index (χ1n) is 5.94. The molecule has 0 aliphatic rings. The van der Waals surface area contributed by atoms with E-state index in [1.807, 2.05) is 6.92 Å². The van der Waals surface area contributed by atoms with Crippen LogP contribution in [0.1, 0.15) is 30.8 Å². The number of rotatable bonds is 5. The number of hydrogen-bond donors (Lipinski definition) is 1. The van der Waals surface area contributed by atoms with Crippen LogP contribution in [0.5, 0.6) is 5.88 Å². The maximum Gasteiger partial charge on any atom is 0.233 e. The van der Waals surface area contributed by atoms with Gasteiger partial charge in [0.15, 0.2) is 0 Å². The predicted molar refractivity (Wildman–Crippen MR) is 70.2 cm³/mol. The van der Waals surface area contributed by atoms with Crippen LogP contribution in [0.25, 0.3) is 0 Å². The Labute approximate surface area is 116 Å². The second kappa shape index (κ2) is 5.99. The number of aromatic nitrogens is 4. The number of aryl methyl sites for hydroxylation is 1. The summed E-state index contributed by atoms with van der Waals surface area (Å²) in [6.45, 7) is 2.71. The molecule has 1 atom stereocenters. The highest BCUT2D eigenvalue weighted by molar-refractivity contribution is 6.31. The first-order valence-corrected chi connectivity index (χ1v) is 6.32. The molecule has 0 aliphatic carbocycles. The van der Waals surface area contributed by atoms with Gasteiger partial charge >= 0.3 is 0 Å². The number of aliphatic hydroxyl groups excluding tert-OH is 1. The van der Waals surface area contributed by atoms with Gasteiger partial charge < -0.3 is 9.84 Å². The summed E-state index contributed by atoms with van der Waals surface area (Å²) in [5, 5.41) is 22.6. The summed E-state index contributed by atoms with van der Waals surface area (Å²) in [6, 6.07) is 3.29. The van der Waals surface area contributed by atoms with Gasteiger partial charge in [-0.25, -0.2) is 0 Å². The quantitative estimate of drug-likeness (QED) is 0.906. The summed E-state index contributed by atoms with van der Waals surface area (Å²) in [5.74, 6) is 0.393. The number of ether oxygens (including phenoxy) is 1. The molecule has 7 heteroatoms. The lowest BCUT2D eigenvalue weighted by Gasteiger charge is -2.13. The first-order chi connectivity index (χ1) is 9.17. The Hall–Kier alpha value is -1.66. The molecule has 19 heavy (non-hydrogen) atoms. The summed E-state index contributed by atoms with van der Waals surface area (Å²) in [6.07, 6.45) is 1.46. The zero-order valence-corrected chi connectivity index (χ0v) is 11.5. The highest BCUT2D eigenvalue weighted by atomic mass is 35.5. The van der Waals surface area contributed by atoms with E-state index in [0.717, 1.165) is 6.42 Å². The van der Waals surface area contributed by atoms with Crippen LogP contribution in [-0.4, -0.2) is 32.2 Å². The molecule has 2 aromatic rings. The molecule has 0 saturated carbocycles. The normalized spacial score (nSPS) is 12.4. The topological polar surface area (TPSA) is 73.1 Å². The fraction of sp³-hybridized carbons (Fsp3) is 0.417. The van der Waals surface area contributed by atoms with Gasteiger partial charge in [-0.1, -0.05) is 18.5 Å². The summed E-state index contributed by atoms with van der Waals surface area (Å²) in [5.41, 5.74) is 0.934. The van der Waals surface area contributed by atoms with Gasteiger partial charge in [-0.2, -0.15) is 5.10 Å². The molecule has 0 amide bonds. The molecule has 0 radical (unpaired) electrons. The standard InChI is InChI=1S/C12H15ClN4O2/c1-3-6-17-11(8(13)7-14-17)12(18)9-4-5-10(19-2)16-15-9/h4-5,7,12,18H,3,6H2,1-2H3. The molecule has 2 aromatic heterocycles. The fourth-order valence-electron chi connectivity index (χ4n) is 1.76. The van der Waals surface area contributed by atoms with Crippen LogP contribution in [-0.2, 0) is 6.54 Å². The lowest BCUT2D eigenvalue weighted by Crippen LogP contribution is -2.12. The Balaban J connectivity index is 2.31. The minimum absolute atomic E-state index is 0.393. The monoisotopic (exact) mass is 282 g/mol. The van der Waals surface area contributed by atoms with Crippen molar-refractivity contribution < 1.29 is 9.84 Å². The van der Waals surface area contributed by atoms with Gasteiger partial charge in [0, 0.05) is 12.6 Å². The van der Waals surface area contributed by atoms with Gasteiger partial charge in [0.25, 0.3) is 0 Å². The highest BCUT2D eigenvalue weighted by Gasteiger charge is 2.21. The molecular weight excluding hydrogens is 268 g/mol. The van der Waals surface area contributed by atoms with E-state index in [1.54, 1.807) is 16.8 Å². The Morgan fingerprint density at radius 2 is 2.21 bits per heavy atom. The SMILES string of the molecule is CCCn1ncc(Cl)c1C(O)c1ccc(OC)nn1. The van der Waals surface area contributed by atoms with Crippen LogP contribution in [0.2, 0.25) is 5.02 Å². The summed E-state index contributed by atoms with van der Waals surface area (Å²) < 4.78 is 6.61. The Bertz CT molecular complexity index is 541. The lowest BCUT2D eigenvalue weighted by molar-refractivity contribution is 0.201. The number of aliphatic hydroxyl groups is 1. The van der Waals surface area contributed by atoms with E-state index < -0.39 is 6.10 Å². The lowest BCUT2D eigenvalue weighted by atomic mass is 10.2. The molecule has 0 aromatic carbocycles. The van der Waals surface area contributed by atoms with Gasteiger partial charge in [0.05, 0.1) is 29.7 Å². The third-order valence-electron chi connectivity index (χ3n) is 2.68. The maximum atomic E-state index is 10.3. The molecular formula is C12H15ClN4O2. The first kappa shape index (κ1) is 13.8. The molecule has 1 N–H and O–H groups in total. The van der Waals surface area contributed by atoms with E-state index in [1.165, 1.54) is 13.3 Å². The van der Waals surface area contributed by atoms with Crippen molar-refractivity contribution in [1.29, 1.82) is 0 Å². The molecule has 2 heterocycles. The van der Waals surface area contributed by atoms with Gasteiger partial charge in [0.1, 0.15) is 6.10 Å². The zero-order valence-electron chi connectivity index (χ0n) is 10.7. The van der Waals surface area contributed by atoms with E-state index >= 15 is 0 Å². The molecule has 0 bridgehead atoms. The van der Waals surface area contributed by atoms with Crippen LogP contribution in [0.3, 0.4) is 0 Å². The van der Waals surface area contributed by atoms with Crippen molar-refractivity contribution >= 4 is 11.6 Å². The van der Waals surface area contributed by atoms with Crippen molar-refractivity contribution in [3.63, 3.8) is 0 Å². The van der Waals surface area contributed by atoms with Crippen molar-refractivity contribution in [2.75, 3.05) is 7.11 Å². The van der Waals surface area contributed by atoms with Crippen LogP contribution >= 0.6 is 11.6 Å². The van der Waals surface area contributed by atoms with E-state index in [4.69, 9.17) is 16.3 Å². The number of hydrogen-bond acceptors (Lipinski definition) is 5. The van der Waals surface area contributed by atoms with Crippen molar-refractivity contribution in [3.05, 3.63) is 34.7 Å². The predicted octanol–water partition coefficient (Wildman–Crippen LogP) is 1.83. The van der Waals surface area contributed by atoms with E-state index in [0.29, 0.717) is 28.8 Å². The summed E-state index contributed by atoms with van der Waals surface area (Å²) in [7, 11) is 1.51. The Morgan fingerprint density at radius 1 is 1.42 bits per heavy atom. The smallest absolute Gasteiger partial charge is 0.233 e. The molecule has 102 valence electrons. The fourth-order valence-corrected chi connectivity index (χ4v) is 2.00.